The predicted octanol–water partition coefficient (Wildman–Crippen LogP) is 8.32. The number of thiophene rings is 2. The average molecular weight is 602 g/mol. The van der Waals surface area contributed by atoms with Gasteiger partial charge in [0.15, 0.2) is 11.6 Å². The SMILES string of the molecule is [C-]#[N+]/C(C#N)=C1\C(=C\c2cc3c(s2)c2sc(/C=C4\C(=O)c5ccccc5\C4=C(\C#N)[N+]#[C-])cc2n3C)C(=O)c2ccccc21. The maximum Gasteiger partial charge on any atom is 0.270 e. The van der Waals surface area contributed by atoms with Gasteiger partial charge in [-0.2, -0.15) is 0 Å². The molecule has 0 aliphatic heterocycles. The molecule has 0 bridgehead atoms. The van der Waals surface area contributed by atoms with Gasteiger partial charge in [0, 0.05) is 50.2 Å². The fourth-order valence-electron chi connectivity index (χ4n) is 5.84. The topological polar surface area (TPSA) is 95.4 Å². The first-order chi connectivity index (χ1) is 21.4. The lowest BCUT2D eigenvalue weighted by Crippen LogP contribution is -1.95. The number of hydrogen-bond acceptors (Lipinski definition) is 6. The van der Waals surface area contributed by atoms with E-state index >= 15 is 0 Å². The van der Waals surface area contributed by atoms with Crippen LogP contribution in [0.25, 0.3) is 53.4 Å². The van der Waals surface area contributed by atoms with Crippen LogP contribution in [0.15, 0.2) is 83.2 Å². The number of carbonyl (C=O) groups excluding carboxylic acids is 2. The van der Waals surface area contributed by atoms with E-state index in [1.807, 2.05) is 35.9 Å². The number of hydrogen-bond donors (Lipinski definition) is 0. The molecule has 0 N–H and O–H groups in total. The first-order valence-electron chi connectivity index (χ1n) is 13.2. The molecule has 0 unspecified atom stereocenters. The molecule has 0 radical (unpaired) electrons. The highest BCUT2D eigenvalue weighted by atomic mass is 32.1. The lowest BCUT2D eigenvalue weighted by molar-refractivity contribution is 0.103. The van der Waals surface area contributed by atoms with E-state index in [-0.39, 0.29) is 23.0 Å². The summed E-state index contributed by atoms with van der Waals surface area (Å²) in [7, 11) is 1.95. The lowest BCUT2D eigenvalue weighted by Gasteiger charge is -2.01. The molecular weight excluding hydrogens is 587 g/mol. The third-order valence-electron chi connectivity index (χ3n) is 7.78. The molecule has 2 aromatic carbocycles. The quantitative estimate of drug-likeness (QED) is 0.115. The Hall–Kier alpha value is -6.10. The zero-order valence-corrected chi connectivity index (χ0v) is 24.4. The van der Waals surface area contributed by atoms with Crippen molar-refractivity contribution in [1.82, 2.24) is 4.57 Å². The zero-order valence-electron chi connectivity index (χ0n) is 22.8. The van der Waals surface area contributed by atoms with Gasteiger partial charge in [0.05, 0.1) is 45.7 Å². The van der Waals surface area contributed by atoms with E-state index in [9.17, 15) is 20.1 Å². The summed E-state index contributed by atoms with van der Waals surface area (Å²) in [5, 5.41) is 19.3. The minimum absolute atomic E-state index is 0.121. The van der Waals surface area contributed by atoms with E-state index in [1.54, 1.807) is 60.7 Å². The molecule has 7 rings (SSSR count). The van der Waals surface area contributed by atoms with Crippen molar-refractivity contribution in [1.29, 1.82) is 10.5 Å². The molecule has 204 valence electrons. The maximum absolute atomic E-state index is 13.4. The Labute approximate surface area is 259 Å². The molecule has 0 atom stereocenters. The minimum atomic E-state index is -0.220. The van der Waals surface area contributed by atoms with Gasteiger partial charge in [-0.3, -0.25) is 9.59 Å². The van der Waals surface area contributed by atoms with Crippen molar-refractivity contribution < 1.29 is 9.59 Å². The maximum atomic E-state index is 13.4. The standard InChI is InChI=1S/C35H15N5O2S2/c1-38-26(16-36)30-20-8-4-6-10-22(20)32(41)24(30)12-18-14-28-34(43-18)35-29(40(28)3)15-19(44-35)13-25-31(27(17-37)39-2)21-9-5-7-11-23(21)33(25)42/h4-15H,3H3/b24-12-,25-13-,30-26-,31-27+. The van der Waals surface area contributed by atoms with Crippen molar-refractivity contribution in [2.75, 3.05) is 0 Å². The van der Waals surface area contributed by atoms with Crippen LogP contribution in [0.5, 0.6) is 0 Å². The van der Waals surface area contributed by atoms with Gasteiger partial charge in [-0.05, 0) is 35.4 Å². The summed E-state index contributed by atoms with van der Waals surface area (Å²) < 4.78 is 4.04. The number of ketones is 2. The van der Waals surface area contributed by atoms with E-state index in [2.05, 4.69) is 9.69 Å². The molecule has 7 nitrogen and oxygen atoms in total. The van der Waals surface area contributed by atoms with Crippen LogP contribution < -0.4 is 0 Å². The summed E-state index contributed by atoms with van der Waals surface area (Å²) in [4.78, 5) is 35.2. The van der Waals surface area contributed by atoms with Gasteiger partial charge in [0.25, 0.3) is 11.4 Å². The Morgan fingerprint density at radius 1 is 0.727 bits per heavy atom. The molecule has 44 heavy (non-hydrogen) atoms. The van der Waals surface area contributed by atoms with Crippen molar-refractivity contribution in [3.8, 4) is 12.1 Å². The number of aryl methyl sites for hydroxylation is 1. The van der Waals surface area contributed by atoms with E-state index < -0.39 is 0 Å². The van der Waals surface area contributed by atoms with E-state index in [4.69, 9.17) is 13.1 Å². The molecule has 0 saturated heterocycles. The summed E-state index contributed by atoms with van der Waals surface area (Å²) >= 11 is 3.00. The summed E-state index contributed by atoms with van der Waals surface area (Å²) in [5.74, 6) is -0.441. The molecule has 3 heterocycles. The Kier molecular flexibility index (Phi) is 6.10. The number of allylic oxidation sites excluding steroid dienone is 6. The van der Waals surface area contributed by atoms with Crippen molar-refractivity contribution in [2.24, 2.45) is 7.05 Å². The predicted molar refractivity (Wildman–Crippen MR) is 172 cm³/mol. The number of benzene rings is 2. The first kappa shape index (κ1) is 26.8. The Morgan fingerprint density at radius 2 is 1.11 bits per heavy atom. The molecule has 3 aromatic heterocycles. The van der Waals surface area contributed by atoms with Crippen molar-refractivity contribution >= 4 is 78.0 Å². The number of carbonyl (C=O) groups is 2. The van der Waals surface area contributed by atoms with Gasteiger partial charge in [-0.15, -0.1) is 22.7 Å². The van der Waals surface area contributed by atoms with Crippen molar-refractivity contribution in [2.45, 2.75) is 0 Å². The summed E-state index contributed by atoms with van der Waals surface area (Å²) in [6, 6.07) is 21.9. The minimum Gasteiger partial charge on any atom is -0.342 e. The lowest BCUT2D eigenvalue weighted by atomic mass is 10.0. The van der Waals surface area contributed by atoms with Gasteiger partial charge in [-0.1, -0.05) is 48.5 Å². The molecule has 0 amide bonds. The van der Waals surface area contributed by atoms with E-state index in [1.165, 1.54) is 22.7 Å². The number of nitriles is 2. The summed E-state index contributed by atoms with van der Waals surface area (Å²) in [5.41, 5.74) is 5.17. The number of Topliss-reactive ketones (excluding diaryl/α,β-unsaturated/α-hetero) is 2. The fraction of sp³-hybridized carbons (Fsp3) is 0.0286. The molecule has 0 spiro atoms. The first-order valence-corrected chi connectivity index (χ1v) is 14.8. The van der Waals surface area contributed by atoms with Gasteiger partial charge >= 0.3 is 0 Å². The van der Waals surface area contributed by atoms with Crippen molar-refractivity contribution in [3.05, 3.63) is 138 Å². The number of nitrogens with zero attached hydrogens (tertiary/aromatic N) is 5. The van der Waals surface area contributed by atoms with Crippen LogP contribution in [0.2, 0.25) is 0 Å². The molecule has 2 aliphatic carbocycles. The van der Waals surface area contributed by atoms with Crippen LogP contribution >= 0.6 is 22.7 Å². The highest BCUT2D eigenvalue weighted by Gasteiger charge is 2.33. The second kappa shape index (κ2) is 10.0. The molecular formula is C35H15N5O2S2. The monoisotopic (exact) mass is 601 g/mol. The Morgan fingerprint density at radius 3 is 1.48 bits per heavy atom. The van der Waals surface area contributed by atoms with Gasteiger partial charge < -0.3 is 4.57 Å². The van der Waals surface area contributed by atoms with Crippen LogP contribution in [0.1, 0.15) is 41.6 Å². The number of rotatable bonds is 2. The summed E-state index contributed by atoms with van der Waals surface area (Å²) in [6.07, 6.45) is 3.51. The van der Waals surface area contributed by atoms with Crippen LogP contribution in [-0.4, -0.2) is 16.1 Å². The molecule has 2 aliphatic rings. The smallest absolute Gasteiger partial charge is 0.270 e. The highest BCUT2D eigenvalue weighted by molar-refractivity contribution is 7.28. The third-order valence-corrected chi connectivity index (χ3v) is 10.1. The van der Waals surface area contributed by atoms with E-state index in [0.717, 1.165) is 30.2 Å². The average Bonchev–Trinajstić information content (AvgIpc) is 3.82. The van der Waals surface area contributed by atoms with Gasteiger partial charge in [0.2, 0.25) is 0 Å². The van der Waals surface area contributed by atoms with Crippen LogP contribution in [0.4, 0.5) is 0 Å². The highest BCUT2D eigenvalue weighted by Crippen LogP contribution is 2.45. The number of fused-ring (bicyclic) bond motifs is 5. The normalized spacial score (nSPS) is 17.8. The molecule has 9 heteroatoms. The summed E-state index contributed by atoms with van der Waals surface area (Å²) in [6.45, 7) is 15.0. The Balaban J connectivity index is 1.36. The Bertz CT molecular complexity index is 2280. The van der Waals surface area contributed by atoms with Gasteiger partial charge in [-0.25, -0.2) is 20.2 Å². The zero-order chi connectivity index (χ0) is 30.7. The van der Waals surface area contributed by atoms with Crippen LogP contribution in [-0.2, 0) is 7.05 Å². The second-order valence-electron chi connectivity index (χ2n) is 10.0. The second-order valence-corrected chi connectivity index (χ2v) is 12.2. The van der Waals surface area contributed by atoms with Crippen LogP contribution in [0.3, 0.4) is 0 Å². The molecule has 5 aromatic rings. The van der Waals surface area contributed by atoms with Crippen LogP contribution in [0, 0.1) is 35.8 Å². The van der Waals surface area contributed by atoms with Crippen molar-refractivity contribution in [3.63, 3.8) is 0 Å². The fourth-order valence-corrected chi connectivity index (χ4v) is 8.26. The number of aromatic nitrogens is 1. The molecule has 0 fully saturated rings. The molecule has 0 saturated carbocycles. The van der Waals surface area contributed by atoms with Gasteiger partial charge in [0.1, 0.15) is 0 Å². The largest absolute Gasteiger partial charge is 0.342 e. The van der Waals surface area contributed by atoms with E-state index in [0.29, 0.717) is 44.5 Å². The third kappa shape index (κ3) is 3.76.